The molecular weight excluding hydrogens is 302 g/mol. The molecule has 1 rings (SSSR count). The Balaban J connectivity index is 2.60. The van der Waals surface area contributed by atoms with Crippen molar-refractivity contribution < 1.29 is 19.2 Å². The van der Waals surface area contributed by atoms with Crippen molar-refractivity contribution in [1.29, 1.82) is 5.26 Å². The molecule has 0 radical (unpaired) electrons. The summed E-state index contributed by atoms with van der Waals surface area (Å²) >= 11 is 0. The van der Waals surface area contributed by atoms with Crippen molar-refractivity contribution in [2.24, 2.45) is 5.73 Å². The number of rotatable bonds is 6. The molecule has 8 heteroatoms. The Morgan fingerprint density at radius 1 is 1.39 bits per heavy atom. The number of nitrogens with two attached hydrogens (primary N) is 1. The molecule has 1 aromatic rings. The molecule has 0 fully saturated rings. The molecule has 0 atom stereocenters. The van der Waals surface area contributed by atoms with E-state index in [9.17, 15) is 19.7 Å². The number of ether oxygens (including phenoxy) is 1. The second kappa shape index (κ2) is 8.09. The van der Waals surface area contributed by atoms with E-state index >= 15 is 0 Å². The number of hydrogen-bond acceptors (Lipinski definition) is 7. The topological polar surface area (TPSA) is 136 Å². The molecule has 8 nitrogen and oxygen atoms in total. The summed E-state index contributed by atoms with van der Waals surface area (Å²) in [7, 11) is 0. The van der Waals surface area contributed by atoms with E-state index in [1.165, 1.54) is 37.3 Å². The molecule has 0 aliphatic carbocycles. The highest BCUT2D eigenvalue weighted by Gasteiger charge is 2.13. The summed E-state index contributed by atoms with van der Waals surface area (Å²) in [5.41, 5.74) is 5.64. The number of ketones is 1. The minimum absolute atomic E-state index is 0.0509. The van der Waals surface area contributed by atoms with Crippen molar-refractivity contribution in [3.8, 4) is 6.07 Å². The molecule has 0 bridgehead atoms. The zero-order chi connectivity index (χ0) is 17.4. The van der Waals surface area contributed by atoms with Gasteiger partial charge >= 0.3 is 5.97 Å². The Morgan fingerprint density at radius 2 is 2.00 bits per heavy atom. The molecule has 0 unspecified atom stereocenters. The molecule has 0 saturated heterocycles. The van der Waals surface area contributed by atoms with Crippen molar-refractivity contribution in [1.82, 2.24) is 0 Å². The van der Waals surface area contributed by atoms with Crippen LogP contribution in [-0.4, -0.2) is 23.3 Å². The third-order valence-electron chi connectivity index (χ3n) is 2.65. The standard InChI is InChI=1S/C15H13N3O5/c1-10(17)13(8-16)14(19)9-23-15(20)7-4-11-2-5-12(6-3-11)18(21)22/h2-7H,9,17H2,1H3. The fourth-order valence-electron chi connectivity index (χ4n) is 1.50. The number of nitriles is 1. The van der Waals surface area contributed by atoms with Gasteiger partial charge in [-0.15, -0.1) is 0 Å². The molecular formula is C15H13N3O5. The summed E-state index contributed by atoms with van der Waals surface area (Å²) in [5.74, 6) is -1.48. The van der Waals surface area contributed by atoms with Crippen LogP contribution < -0.4 is 5.73 Å². The number of Topliss-reactive ketones (excluding diaryl/α,β-unsaturated/α-hetero) is 1. The van der Waals surface area contributed by atoms with Gasteiger partial charge in [-0.05, 0) is 30.7 Å². The number of non-ortho nitro benzene ring substituents is 1. The van der Waals surface area contributed by atoms with E-state index in [1.807, 2.05) is 0 Å². The smallest absolute Gasteiger partial charge is 0.331 e. The third-order valence-corrected chi connectivity index (χ3v) is 2.65. The Bertz CT molecular complexity index is 722. The van der Waals surface area contributed by atoms with Gasteiger partial charge in [-0.25, -0.2) is 4.79 Å². The van der Waals surface area contributed by atoms with Gasteiger partial charge in [0, 0.05) is 23.9 Å². The van der Waals surface area contributed by atoms with Crippen LogP contribution >= 0.6 is 0 Å². The number of hydrogen-bond donors (Lipinski definition) is 1. The summed E-state index contributed by atoms with van der Waals surface area (Å²) in [4.78, 5) is 33.0. The maximum atomic E-state index is 11.6. The van der Waals surface area contributed by atoms with Crippen molar-refractivity contribution in [3.05, 3.63) is 57.3 Å². The van der Waals surface area contributed by atoms with E-state index in [-0.39, 0.29) is 17.0 Å². The van der Waals surface area contributed by atoms with Gasteiger partial charge in [0.15, 0.2) is 6.61 Å². The average molecular weight is 315 g/mol. The number of carbonyl (C=O) groups is 2. The van der Waals surface area contributed by atoms with Gasteiger partial charge in [-0.2, -0.15) is 5.26 Å². The highest BCUT2D eigenvalue weighted by molar-refractivity contribution is 6.01. The molecule has 2 N–H and O–H groups in total. The number of nitro groups is 1. The molecule has 0 saturated carbocycles. The predicted molar refractivity (Wildman–Crippen MR) is 80.6 cm³/mol. The summed E-state index contributed by atoms with van der Waals surface area (Å²) in [6, 6.07) is 7.15. The normalized spacial score (nSPS) is 11.5. The molecule has 0 spiro atoms. The number of esters is 1. The fourth-order valence-corrected chi connectivity index (χ4v) is 1.50. The third kappa shape index (κ3) is 5.43. The lowest BCUT2D eigenvalue weighted by Crippen LogP contribution is -2.16. The lowest BCUT2D eigenvalue weighted by molar-refractivity contribution is -0.384. The van der Waals surface area contributed by atoms with E-state index in [2.05, 4.69) is 0 Å². The minimum atomic E-state index is -0.788. The average Bonchev–Trinajstić information content (AvgIpc) is 2.51. The van der Waals surface area contributed by atoms with Gasteiger partial charge < -0.3 is 10.5 Å². The molecule has 0 heterocycles. The van der Waals surface area contributed by atoms with E-state index in [1.54, 1.807) is 6.07 Å². The van der Waals surface area contributed by atoms with Crippen LogP contribution in [0.15, 0.2) is 41.6 Å². The highest BCUT2D eigenvalue weighted by atomic mass is 16.6. The van der Waals surface area contributed by atoms with Gasteiger partial charge in [0.1, 0.15) is 11.6 Å². The molecule has 1 aromatic carbocycles. The van der Waals surface area contributed by atoms with Gasteiger partial charge in [-0.1, -0.05) is 0 Å². The fraction of sp³-hybridized carbons (Fsp3) is 0.133. The Hall–Kier alpha value is -3.47. The summed E-state index contributed by atoms with van der Waals surface area (Å²) in [6.07, 6.45) is 2.45. The van der Waals surface area contributed by atoms with Crippen LogP contribution in [0.25, 0.3) is 6.08 Å². The Kier molecular flexibility index (Phi) is 6.18. The van der Waals surface area contributed by atoms with Crippen molar-refractivity contribution in [2.45, 2.75) is 6.92 Å². The van der Waals surface area contributed by atoms with E-state index in [4.69, 9.17) is 15.7 Å². The van der Waals surface area contributed by atoms with Crippen molar-refractivity contribution in [2.75, 3.05) is 6.61 Å². The largest absolute Gasteiger partial charge is 0.454 e. The summed E-state index contributed by atoms with van der Waals surface area (Å²) in [6.45, 7) is 0.799. The summed E-state index contributed by atoms with van der Waals surface area (Å²) in [5, 5.41) is 19.2. The van der Waals surface area contributed by atoms with E-state index in [0.717, 1.165) is 6.08 Å². The first kappa shape index (κ1) is 17.6. The quantitative estimate of drug-likeness (QED) is 0.276. The highest BCUT2D eigenvalue weighted by Crippen LogP contribution is 2.12. The lowest BCUT2D eigenvalue weighted by atomic mass is 10.1. The zero-order valence-corrected chi connectivity index (χ0v) is 12.2. The molecule has 23 heavy (non-hydrogen) atoms. The number of benzene rings is 1. The van der Waals surface area contributed by atoms with E-state index in [0.29, 0.717) is 5.56 Å². The van der Waals surface area contributed by atoms with Gasteiger partial charge in [-0.3, -0.25) is 14.9 Å². The predicted octanol–water partition coefficient (Wildman–Crippen LogP) is 1.48. The maximum Gasteiger partial charge on any atom is 0.331 e. The Morgan fingerprint density at radius 3 is 2.48 bits per heavy atom. The number of nitro benzene ring substituents is 1. The Labute approximate surface area is 131 Å². The van der Waals surface area contributed by atoms with Crippen LogP contribution in [0.1, 0.15) is 12.5 Å². The number of allylic oxidation sites excluding steroid dienone is 1. The first-order chi connectivity index (χ1) is 10.8. The zero-order valence-electron chi connectivity index (χ0n) is 12.2. The number of nitrogens with zero attached hydrogens (tertiary/aromatic N) is 2. The molecule has 0 aliphatic rings. The minimum Gasteiger partial charge on any atom is -0.454 e. The first-order valence-corrected chi connectivity index (χ1v) is 6.34. The molecule has 0 aromatic heterocycles. The molecule has 0 amide bonds. The van der Waals surface area contributed by atoms with Crippen LogP contribution in [0.5, 0.6) is 0 Å². The lowest BCUT2D eigenvalue weighted by Gasteiger charge is -2.01. The van der Waals surface area contributed by atoms with Crippen LogP contribution in [0.3, 0.4) is 0 Å². The van der Waals surface area contributed by atoms with Crippen LogP contribution in [0.2, 0.25) is 0 Å². The monoisotopic (exact) mass is 315 g/mol. The van der Waals surface area contributed by atoms with Crippen molar-refractivity contribution in [3.63, 3.8) is 0 Å². The SMILES string of the molecule is CC(N)=C(C#N)C(=O)COC(=O)C=Cc1ccc([N+](=O)[O-])cc1. The second-order valence-electron chi connectivity index (χ2n) is 4.38. The second-order valence-corrected chi connectivity index (χ2v) is 4.38. The van der Waals surface area contributed by atoms with Gasteiger partial charge in [0.25, 0.3) is 5.69 Å². The summed E-state index contributed by atoms with van der Waals surface area (Å²) < 4.78 is 4.70. The first-order valence-electron chi connectivity index (χ1n) is 6.34. The van der Waals surface area contributed by atoms with E-state index < -0.39 is 23.3 Å². The number of carbonyl (C=O) groups excluding carboxylic acids is 2. The van der Waals surface area contributed by atoms with Crippen LogP contribution in [-0.2, 0) is 14.3 Å². The van der Waals surface area contributed by atoms with Gasteiger partial charge in [0.2, 0.25) is 5.78 Å². The van der Waals surface area contributed by atoms with Crippen LogP contribution in [0.4, 0.5) is 5.69 Å². The molecule has 0 aliphatic heterocycles. The molecule has 118 valence electrons. The van der Waals surface area contributed by atoms with Gasteiger partial charge in [0.05, 0.1) is 4.92 Å². The van der Waals surface area contributed by atoms with Crippen LogP contribution in [0, 0.1) is 21.4 Å². The maximum absolute atomic E-state index is 11.6. The van der Waals surface area contributed by atoms with Crippen molar-refractivity contribution >= 4 is 23.5 Å².